The van der Waals surface area contributed by atoms with Crippen molar-refractivity contribution >= 4 is 27.5 Å². The van der Waals surface area contributed by atoms with Crippen LogP contribution >= 0.6 is 0 Å². The first kappa shape index (κ1) is 21.3. The maximum absolute atomic E-state index is 12.8. The van der Waals surface area contributed by atoms with Crippen molar-refractivity contribution in [2.45, 2.75) is 57.3 Å². The van der Waals surface area contributed by atoms with Crippen molar-refractivity contribution in [1.82, 2.24) is 0 Å². The molecule has 29 heavy (non-hydrogen) atoms. The van der Waals surface area contributed by atoms with E-state index in [2.05, 4.69) is 19.9 Å². The summed E-state index contributed by atoms with van der Waals surface area (Å²) < 4.78 is 25.7. The number of carboxylic acids is 1. The summed E-state index contributed by atoms with van der Waals surface area (Å²) in [5.74, 6) is -0.740. The van der Waals surface area contributed by atoms with Crippen LogP contribution in [0.1, 0.15) is 73.1 Å². The van der Waals surface area contributed by atoms with Crippen LogP contribution in [0.5, 0.6) is 0 Å². The van der Waals surface area contributed by atoms with Crippen LogP contribution in [0.4, 0.5) is 0 Å². The Morgan fingerprint density at radius 2 is 1.83 bits per heavy atom. The van der Waals surface area contributed by atoms with E-state index in [1.165, 1.54) is 0 Å². The van der Waals surface area contributed by atoms with Crippen LogP contribution in [-0.2, 0) is 21.7 Å². The second-order valence-electron chi connectivity index (χ2n) is 8.42. The number of aryl methyl sites for hydroxylation is 1. The molecule has 0 saturated heterocycles. The molecule has 1 aliphatic heterocycles. The van der Waals surface area contributed by atoms with Gasteiger partial charge in [-0.3, -0.25) is 0 Å². The standard InChI is InChI=1S/C24H28O4S/c1-5-18-14-22-21(24(3,4)11-6-12-29(22,27)28)15-20(18)16(2)13-17-7-9-19(10-8-17)23(25)26/h7-10,13-15H,5-6,11-12H2,1-4H3,(H,25,26)/b16-13+. The second-order valence-corrected chi connectivity index (χ2v) is 10.5. The van der Waals surface area contributed by atoms with E-state index >= 15 is 0 Å². The van der Waals surface area contributed by atoms with E-state index in [0.717, 1.165) is 40.7 Å². The zero-order valence-corrected chi connectivity index (χ0v) is 18.3. The number of rotatable bonds is 4. The summed E-state index contributed by atoms with van der Waals surface area (Å²) in [7, 11) is -3.27. The van der Waals surface area contributed by atoms with Crippen LogP contribution in [-0.4, -0.2) is 25.2 Å². The molecular formula is C24H28O4S. The van der Waals surface area contributed by atoms with E-state index in [9.17, 15) is 13.2 Å². The second kappa shape index (κ2) is 7.79. The zero-order chi connectivity index (χ0) is 21.4. The normalized spacial score (nSPS) is 18.0. The highest BCUT2D eigenvalue weighted by Crippen LogP contribution is 2.40. The van der Waals surface area contributed by atoms with Gasteiger partial charge in [-0.25, -0.2) is 13.2 Å². The Morgan fingerprint density at radius 1 is 1.17 bits per heavy atom. The van der Waals surface area contributed by atoms with Crippen molar-refractivity contribution in [3.8, 4) is 0 Å². The average Bonchev–Trinajstić information content (AvgIpc) is 2.74. The molecule has 0 atom stereocenters. The maximum Gasteiger partial charge on any atom is 0.335 e. The largest absolute Gasteiger partial charge is 0.478 e. The van der Waals surface area contributed by atoms with Gasteiger partial charge in [0.2, 0.25) is 0 Å². The predicted octanol–water partition coefficient (Wildman–Crippen LogP) is 5.35. The van der Waals surface area contributed by atoms with Crippen molar-refractivity contribution in [1.29, 1.82) is 0 Å². The molecule has 0 unspecified atom stereocenters. The van der Waals surface area contributed by atoms with Gasteiger partial charge in [-0.05, 0) is 83.7 Å². The minimum absolute atomic E-state index is 0.205. The fourth-order valence-electron chi connectivity index (χ4n) is 4.07. The Bertz CT molecular complexity index is 1070. The van der Waals surface area contributed by atoms with Gasteiger partial charge >= 0.3 is 5.97 Å². The molecule has 0 radical (unpaired) electrons. The van der Waals surface area contributed by atoms with Crippen molar-refractivity contribution in [3.05, 3.63) is 64.2 Å². The van der Waals surface area contributed by atoms with E-state index in [4.69, 9.17) is 5.11 Å². The molecule has 0 amide bonds. The monoisotopic (exact) mass is 412 g/mol. The Kier molecular flexibility index (Phi) is 5.72. The number of hydrogen-bond donors (Lipinski definition) is 1. The van der Waals surface area contributed by atoms with Gasteiger partial charge < -0.3 is 5.11 Å². The van der Waals surface area contributed by atoms with E-state index < -0.39 is 15.8 Å². The van der Waals surface area contributed by atoms with Crippen molar-refractivity contribution in [3.63, 3.8) is 0 Å². The first-order chi connectivity index (χ1) is 13.5. The van der Waals surface area contributed by atoms with E-state index in [0.29, 0.717) is 11.3 Å². The fourth-order valence-corrected chi connectivity index (χ4v) is 5.80. The lowest BCUT2D eigenvalue weighted by atomic mass is 9.79. The molecule has 0 spiro atoms. The third kappa shape index (κ3) is 4.30. The minimum atomic E-state index is -3.27. The molecule has 3 rings (SSSR count). The number of allylic oxidation sites excluding steroid dienone is 1. The van der Waals surface area contributed by atoms with Crippen LogP contribution in [0.25, 0.3) is 11.6 Å². The molecule has 0 aromatic heterocycles. The third-order valence-corrected chi connectivity index (χ3v) is 7.67. The number of hydrogen-bond acceptors (Lipinski definition) is 3. The molecular weight excluding hydrogens is 384 g/mol. The number of carbonyl (C=O) groups is 1. The number of carboxylic acid groups (broad SMARTS) is 1. The van der Waals surface area contributed by atoms with Gasteiger partial charge in [0.15, 0.2) is 9.84 Å². The van der Waals surface area contributed by atoms with Crippen LogP contribution in [0.15, 0.2) is 41.3 Å². The van der Waals surface area contributed by atoms with Gasteiger partial charge in [-0.1, -0.05) is 39.0 Å². The summed E-state index contributed by atoms with van der Waals surface area (Å²) in [6.45, 7) is 8.29. The summed E-state index contributed by atoms with van der Waals surface area (Å²) in [4.78, 5) is 11.5. The highest BCUT2D eigenvalue weighted by atomic mass is 32.2. The van der Waals surface area contributed by atoms with E-state index in [1.54, 1.807) is 24.3 Å². The van der Waals surface area contributed by atoms with E-state index in [-0.39, 0.29) is 16.7 Å². The topological polar surface area (TPSA) is 71.4 Å². The van der Waals surface area contributed by atoms with E-state index in [1.807, 2.05) is 26.0 Å². The summed E-state index contributed by atoms with van der Waals surface area (Å²) in [5, 5.41) is 9.07. The Hall–Kier alpha value is -2.40. The van der Waals surface area contributed by atoms with Crippen molar-refractivity contribution < 1.29 is 18.3 Å². The SMILES string of the molecule is CCc1cc2c(cc1/C(C)=C/c1ccc(C(=O)O)cc1)C(C)(C)CCCS2(=O)=O. The maximum atomic E-state index is 12.8. The Labute approximate surface area is 173 Å². The van der Waals surface area contributed by atoms with Gasteiger partial charge in [0.05, 0.1) is 16.2 Å². The molecule has 2 aromatic rings. The molecule has 0 aliphatic carbocycles. The van der Waals surface area contributed by atoms with Crippen LogP contribution < -0.4 is 0 Å². The first-order valence-electron chi connectivity index (χ1n) is 9.97. The average molecular weight is 413 g/mol. The van der Waals surface area contributed by atoms with Gasteiger partial charge in [0, 0.05) is 0 Å². The molecule has 5 heteroatoms. The quantitative estimate of drug-likeness (QED) is 0.687. The third-order valence-electron chi connectivity index (χ3n) is 5.83. The highest BCUT2D eigenvalue weighted by molar-refractivity contribution is 7.91. The van der Waals surface area contributed by atoms with Crippen molar-refractivity contribution in [2.24, 2.45) is 0 Å². The lowest BCUT2D eigenvalue weighted by Crippen LogP contribution is -2.18. The molecule has 1 N–H and O–H groups in total. The molecule has 0 saturated carbocycles. The summed E-state index contributed by atoms with van der Waals surface area (Å²) >= 11 is 0. The Morgan fingerprint density at radius 3 is 2.41 bits per heavy atom. The fraction of sp³-hybridized carbons (Fsp3) is 0.375. The molecule has 0 fully saturated rings. The van der Waals surface area contributed by atoms with Gasteiger partial charge in [-0.2, -0.15) is 0 Å². The van der Waals surface area contributed by atoms with Gasteiger partial charge in [0.25, 0.3) is 0 Å². The molecule has 154 valence electrons. The summed E-state index contributed by atoms with van der Waals surface area (Å²) in [6.07, 6.45) is 4.27. The molecule has 2 aromatic carbocycles. The zero-order valence-electron chi connectivity index (χ0n) is 17.5. The Balaban J connectivity index is 2.14. The number of sulfone groups is 1. The predicted molar refractivity (Wildman–Crippen MR) is 117 cm³/mol. The first-order valence-corrected chi connectivity index (χ1v) is 11.6. The molecule has 4 nitrogen and oxygen atoms in total. The minimum Gasteiger partial charge on any atom is -0.478 e. The molecule has 0 bridgehead atoms. The molecule has 1 aliphatic rings. The van der Waals surface area contributed by atoms with Gasteiger partial charge in [-0.15, -0.1) is 0 Å². The summed E-state index contributed by atoms with van der Waals surface area (Å²) in [5.41, 5.74) is 4.96. The van der Waals surface area contributed by atoms with Gasteiger partial charge in [0.1, 0.15) is 0 Å². The van der Waals surface area contributed by atoms with Crippen LogP contribution in [0, 0.1) is 0 Å². The van der Waals surface area contributed by atoms with Crippen LogP contribution in [0.3, 0.4) is 0 Å². The number of benzene rings is 2. The van der Waals surface area contributed by atoms with Crippen LogP contribution in [0.2, 0.25) is 0 Å². The smallest absolute Gasteiger partial charge is 0.335 e. The number of aromatic carboxylic acids is 1. The highest BCUT2D eigenvalue weighted by Gasteiger charge is 2.33. The lowest BCUT2D eigenvalue weighted by molar-refractivity contribution is 0.0697. The lowest BCUT2D eigenvalue weighted by Gasteiger charge is -2.26. The number of fused-ring (bicyclic) bond motifs is 1. The molecule has 1 heterocycles. The van der Waals surface area contributed by atoms with Crippen molar-refractivity contribution in [2.75, 3.05) is 5.75 Å². The summed E-state index contributed by atoms with van der Waals surface area (Å²) in [6, 6.07) is 10.7.